The van der Waals surface area contributed by atoms with Crippen LogP contribution in [0.4, 0.5) is 0 Å². The minimum atomic E-state index is 0. The van der Waals surface area contributed by atoms with Crippen molar-refractivity contribution < 1.29 is 14.3 Å². The minimum Gasteiger partial charge on any atom is -0.490 e. The molecule has 1 amide bonds. The highest BCUT2D eigenvalue weighted by molar-refractivity contribution is 14.0. The van der Waals surface area contributed by atoms with E-state index in [0.717, 1.165) is 44.0 Å². The van der Waals surface area contributed by atoms with Gasteiger partial charge in [-0.1, -0.05) is 13.0 Å². The predicted molar refractivity (Wildman–Crippen MR) is 137 cm³/mol. The van der Waals surface area contributed by atoms with Crippen molar-refractivity contribution in [3.8, 4) is 11.5 Å². The molecule has 0 bridgehead atoms. The Morgan fingerprint density at radius 1 is 1.16 bits per heavy atom. The van der Waals surface area contributed by atoms with E-state index in [1.807, 2.05) is 30.9 Å². The molecule has 1 aromatic rings. The molecule has 0 spiro atoms. The lowest BCUT2D eigenvalue weighted by molar-refractivity contribution is -0.132. The summed E-state index contributed by atoms with van der Waals surface area (Å²) < 4.78 is 11.3. The molecule has 1 aromatic carbocycles. The Balaban J connectivity index is 0.00000480. The minimum absolute atomic E-state index is 0. The van der Waals surface area contributed by atoms with Gasteiger partial charge in [-0.05, 0) is 56.7 Å². The van der Waals surface area contributed by atoms with E-state index < -0.39 is 0 Å². The zero-order valence-corrected chi connectivity index (χ0v) is 21.7. The Bertz CT molecular complexity index is 699. The van der Waals surface area contributed by atoms with Crippen molar-refractivity contribution in [2.45, 2.75) is 46.5 Å². The smallest absolute Gasteiger partial charge is 0.224 e. The van der Waals surface area contributed by atoms with Gasteiger partial charge in [-0.3, -0.25) is 9.79 Å². The second-order valence-electron chi connectivity index (χ2n) is 7.66. The van der Waals surface area contributed by atoms with E-state index in [9.17, 15) is 4.79 Å². The molecule has 1 fully saturated rings. The van der Waals surface area contributed by atoms with Crippen LogP contribution in [0.25, 0.3) is 0 Å². The number of nitrogens with zero attached hydrogens (tertiary/aromatic N) is 2. The summed E-state index contributed by atoms with van der Waals surface area (Å²) in [5.74, 6) is 3.11. The van der Waals surface area contributed by atoms with Gasteiger partial charge in [0.25, 0.3) is 0 Å². The molecule has 7 nitrogen and oxygen atoms in total. The Labute approximate surface area is 204 Å². The van der Waals surface area contributed by atoms with Crippen LogP contribution < -0.4 is 20.1 Å². The maximum Gasteiger partial charge on any atom is 0.224 e. The first-order valence-electron chi connectivity index (χ1n) is 11.2. The monoisotopic (exact) mass is 546 g/mol. The van der Waals surface area contributed by atoms with Crippen LogP contribution in [0.2, 0.25) is 0 Å². The summed E-state index contributed by atoms with van der Waals surface area (Å²) in [6.07, 6.45) is 3.65. The number of piperidine rings is 1. The number of likely N-dealkylation sites (tertiary alicyclic amines) is 1. The fraction of sp³-hybridized carbons (Fsp3) is 0.652. The van der Waals surface area contributed by atoms with E-state index in [2.05, 4.69) is 28.6 Å². The van der Waals surface area contributed by atoms with Crippen LogP contribution in [-0.2, 0) is 11.2 Å². The molecule has 1 saturated heterocycles. The Hall–Kier alpha value is -1.71. The van der Waals surface area contributed by atoms with Crippen LogP contribution in [0.1, 0.15) is 45.6 Å². The van der Waals surface area contributed by atoms with Crippen molar-refractivity contribution in [1.82, 2.24) is 15.5 Å². The summed E-state index contributed by atoms with van der Waals surface area (Å²) in [6, 6.07) is 6.05. The number of ether oxygens (including phenoxy) is 2. The number of rotatable bonds is 10. The van der Waals surface area contributed by atoms with Crippen LogP contribution in [0.5, 0.6) is 11.5 Å². The van der Waals surface area contributed by atoms with E-state index in [0.29, 0.717) is 38.1 Å². The molecule has 0 aliphatic carbocycles. The number of carbonyl (C=O) groups is 1. The molecular formula is C23H39IN4O3. The molecule has 1 unspecified atom stereocenters. The third-order valence-corrected chi connectivity index (χ3v) is 5.18. The Morgan fingerprint density at radius 2 is 1.87 bits per heavy atom. The van der Waals surface area contributed by atoms with Gasteiger partial charge in [0, 0.05) is 39.6 Å². The standard InChI is InChI=1S/C23H38N4O3.HI/c1-5-29-20-10-9-19(16-21(20)30-6-2)11-13-25-23(24-4)26-14-12-22(28)27-15-7-8-18(3)17-27;/h9-10,16,18H,5-8,11-15,17H2,1-4H3,(H2,24,25,26);1H. The summed E-state index contributed by atoms with van der Waals surface area (Å²) in [7, 11) is 1.74. The molecule has 1 heterocycles. The van der Waals surface area contributed by atoms with Gasteiger partial charge in [0.05, 0.1) is 13.2 Å². The molecule has 0 aromatic heterocycles. The first-order valence-corrected chi connectivity index (χ1v) is 11.2. The first kappa shape index (κ1) is 27.3. The fourth-order valence-electron chi connectivity index (χ4n) is 3.66. The number of guanidine groups is 1. The number of nitrogens with one attached hydrogen (secondary N) is 2. The van der Waals surface area contributed by atoms with Gasteiger partial charge >= 0.3 is 0 Å². The molecular weight excluding hydrogens is 507 g/mol. The van der Waals surface area contributed by atoms with Crippen molar-refractivity contribution in [3.63, 3.8) is 0 Å². The van der Waals surface area contributed by atoms with Crippen molar-refractivity contribution in [2.75, 3.05) is 46.4 Å². The van der Waals surface area contributed by atoms with Crippen LogP contribution in [0, 0.1) is 5.92 Å². The highest BCUT2D eigenvalue weighted by Gasteiger charge is 2.20. The van der Waals surface area contributed by atoms with Crippen molar-refractivity contribution >= 4 is 35.8 Å². The predicted octanol–water partition coefficient (Wildman–Crippen LogP) is 3.46. The molecule has 8 heteroatoms. The van der Waals surface area contributed by atoms with Gasteiger partial charge in [0.15, 0.2) is 17.5 Å². The molecule has 1 aliphatic heterocycles. The molecule has 2 N–H and O–H groups in total. The molecule has 0 saturated carbocycles. The van der Waals surface area contributed by atoms with Gasteiger partial charge in [-0.2, -0.15) is 0 Å². The number of aliphatic imine (C=N–C) groups is 1. The Morgan fingerprint density at radius 3 is 2.55 bits per heavy atom. The molecule has 1 atom stereocenters. The fourth-order valence-corrected chi connectivity index (χ4v) is 3.66. The van der Waals surface area contributed by atoms with Gasteiger partial charge in [0.1, 0.15) is 0 Å². The zero-order chi connectivity index (χ0) is 21.8. The lowest BCUT2D eigenvalue weighted by Crippen LogP contribution is -2.42. The van der Waals surface area contributed by atoms with Gasteiger partial charge in [-0.15, -0.1) is 24.0 Å². The Kier molecular flexibility index (Phi) is 13.4. The molecule has 31 heavy (non-hydrogen) atoms. The average molecular weight is 546 g/mol. The highest BCUT2D eigenvalue weighted by Crippen LogP contribution is 2.28. The van der Waals surface area contributed by atoms with Crippen LogP contribution in [-0.4, -0.2) is 63.2 Å². The van der Waals surface area contributed by atoms with E-state index in [-0.39, 0.29) is 29.9 Å². The van der Waals surface area contributed by atoms with Gasteiger partial charge < -0.3 is 25.0 Å². The summed E-state index contributed by atoms with van der Waals surface area (Å²) in [5.41, 5.74) is 1.17. The third kappa shape index (κ3) is 9.53. The molecule has 0 radical (unpaired) electrons. The molecule has 176 valence electrons. The number of benzene rings is 1. The molecule has 2 rings (SSSR count). The maximum absolute atomic E-state index is 12.4. The van der Waals surface area contributed by atoms with Gasteiger partial charge in [0.2, 0.25) is 5.91 Å². The van der Waals surface area contributed by atoms with Crippen LogP contribution in [0.15, 0.2) is 23.2 Å². The van der Waals surface area contributed by atoms with Crippen LogP contribution >= 0.6 is 24.0 Å². The third-order valence-electron chi connectivity index (χ3n) is 5.18. The first-order chi connectivity index (χ1) is 14.6. The number of halogens is 1. The van der Waals surface area contributed by atoms with E-state index in [4.69, 9.17) is 9.47 Å². The van der Waals surface area contributed by atoms with Crippen molar-refractivity contribution in [2.24, 2.45) is 10.9 Å². The molecule has 1 aliphatic rings. The number of amides is 1. The van der Waals surface area contributed by atoms with Crippen LogP contribution in [0.3, 0.4) is 0 Å². The summed E-state index contributed by atoms with van der Waals surface area (Å²) in [6.45, 7) is 10.5. The van der Waals surface area contributed by atoms with E-state index in [1.54, 1.807) is 7.05 Å². The lowest BCUT2D eigenvalue weighted by atomic mass is 10.00. The summed E-state index contributed by atoms with van der Waals surface area (Å²) >= 11 is 0. The van der Waals surface area contributed by atoms with Crippen molar-refractivity contribution in [1.29, 1.82) is 0 Å². The summed E-state index contributed by atoms with van der Waals surface area (Å²) in [4.78, 5) is 18.6. The van der Waals surface area contributed by atoms with E-state index >= 15 is 0 Å². The zero-order valence-electron chi connectivity index (χ0n) is 19.4. The quantitative estimate of drug-likeness (QED) is 0.267. The second-order valence-corrected chi connectivity index (χ2v) is 7.66. The van der Waals surface area contributed by atoms with Gasteiger partial charge in [-0.25, -0.2) is 0 Å². The number of hydrogen-bond acceptors (Lipinski definition) is 4. The lowest BCUT2D eigenvalue weighted by Gasteiger charge is -2.31. The number of carbonyl (C=O) groups excluding carboxylic acids is 1. The largest absolute Gasteiger partial charge is 0.490 e. The van der Waals surface area contributed by atoms with Crippen molar-refractivity contribution in [3.05, 3.63) is 23.8 Å². The maximum atomic E-state index is 12.4. The normalized spacial score (nSPS) is 16.3. The SMILES string of the molecule is CCOc1ccc(CCNC(=NC)NCCC(=O)N2CCCC(C)C2)cc1OCC.I. The van der Waals surface area contributed by atoms with E-state index in [1.165, 1.54) is 12.0 Å². The second kappa shape index (κ2) is 15.2. The average Bonchev–Trinajstić information content (AvgIpc) is 2.74. The number of hydrogen-bond donors (Lipinski definition) is 2. The highest BCUT2D eigenvalue weighted by atomic mass is 127. The summed E-state index contributed by atoms with van der Waals surface area (Å²) in [5, 5.41) is 6.55. The topological polar surface area (TPSA) is 75.2 Å².